The van der Waals surface area contributed by atoms with Gasteiger partial charge in [-0.3, -0.25) is 14.9 Å². The van der Waals surface area contributed by atoms with Crippen molar-refractivity contribution in [3.63, 3.8) is 0 Å². The Labute approximate surface area is 186 Å². The van der Waals surface area contributed by atoms with Gasteiger partial charge in [-0.1, -0.05) is 11.8 Å². The summed E-state index contributed by atoms with van der Waals surface area (Å²) >= 11 is 1.09. The highest BCUT2D eigenvalue weighted by Gasteiger charge is 2.19. The van der Waals surface area contributed by atoms with Gasteiger partial charge >= 0.3 is 0 Å². The van der Waals surface area contributed by atoms with Crippen LogP contribution in [0.5, 0.6) is 11.5 Å². The lowest BCUT2D eigenvalue weighted by molar-refractivity contribution is -0.384. The molecular weight excluding hydrogens is 441 g/mol. The van der Waals surface area contributed by atoms with Gasteiger partial charge in [0.1, 0.15) is 17.3 Å². The van der Waals surface area contributed by atoms with Crippen molar-refractivity contribution in [2.24, 2.45) is 7.05 Å². The molecule has 10 nitrogen and oxygen atoms in total. The third-order valence-electron chi connectivity index (χ3n) is 4.37. The van der Waals surface area contributed by atoms with Gasteiger partial charge in [0.15, 0.2) is 17.1 Å². The summed E-state index contributed by atoms with van der Waals surface area (Å²) in [4.78, 5) is 22.4. The van der Waals surface area contributed by atoms with Crippen LogP contribution in [-0.4, -0.2) is 38.5 Å². The van der Waals surface area contributed by atoms with Gasteiger partial charge in [0, 0.05) is 19.2 Å². The number of rotatable bonds is 9. The lowest BCUT2D eigenvalue weighted by atomic mass is 10.2. The maximum Gasteiger partial charge on any atom is 0.271 e. The number of non-ortho nitro benzene ring substituents is 1. The van der Waals surface area contributed by atoms with E-state index in [0.29, 0.717) is 22.5 Å². The number of thioether (sulfide) groups is 1. The number of methoxy groups -OCH3 is 1. The summed E-state index contributed by atoms with van der Waals surface area (Å²) in [6.45, 7) is 1.82. The fourth-order valence-electron chi connectivity index (χ4n) is 2.76. The number of halogens is 1. The zero-order valence-corrected chi connectivity index (χ0v) is 18.3. The summed E-state index contributed by atoms with van der Waals surface area (Å²) in [5.41, 5.74) is -0.580. The predicted molar refractivity (Wildman–Crippen MR) is 115 cm³/mol. The average Bonchev–Trinajstić information content (AvgIpc) is 3.14. The van der Waals surface area contributed by atoms with Crippen LogP contribution in [0.3, 0.4) is 0 Å². The van der Waals surface area contributed by atoms with Crippen molar-refractivity contribution < 1.29 is 23.6 Å². The molecule has 3 rings (SSSR count). The Kier molecular flexibility index (Phi) is 7.25. The highest BCUT2D eigenvalue weighted by Crippen LogP contribution is 2.26. The second-order valence-electron chi connectivity index (χ2n) is 6.59. The third kappa shape index (κ3) is 5.52. The minimum atomic E-state index is -0.764. The molecule has 1 unspecified atom stereocenters. The van der Waals surface area contributed by atoms with Crippen LogP contribution in [0.1, 0.15) is 18.9 Å². The molecule has 0 spiro atoms. The smallest absolute Gasteiger partial charge is 0.271 e. The topological polar surface area (TPSA) is 121 Å². The fraction of sp³-hybridized carbons (Fsp3) is 0.250. The van der Waals surface area contributed by atoms with E-state index in [2.05, 4.69) is 15.5 Å². The molecule has 0 bridgehead atoms. The molecule has 0 saturated heterocycles. The summed E-state index contributed by atoms with van der Waals surface area (Å²) in [6, 6.07) is 10.0. The zero-order valence-electron chi connectivity index (χ0n) is 17.4. The molecule has 1 amide bonds. The van der Waals surface area contributed by atoms with E-state index in [-0.39, 0.29) is 17.1 Å². The molecular formula is C20H20FN5O5S. The zero-order chi connectivity index (χ0) is 23.3. The Morgan fingerprint density at radius 1 is 1.25 bits per heavy atom. The SMILES string of the molecule is COc1ccc(OC(C)c2nnc(SCC(=O)Nc3cc([N+](=O)[O-])ccc3F)n2C)cc1. The normalized spacial score (nSPS) is 11.6. The van der Waals surface area contributed by atoms with Gasteiger partial charge in [-0.15, -0.1) is 10.2 Å². The molecule has 0 aliphatic rings. The third-order valence-corrected chi connectivity index (χ3v) is 5.39. The van der Waals surface area contributed by atoms with Gasteiger partial charge in [-0.25, -0.2) is 4.39 Å². The molecule has 0 aliphatic carbocycles. The molecule has 2 aromatic carbocycles. The number of aromatic nitrogens is 3. The summed E-state index contributed by atoms with van der Waals surface area (Å²) in [7, 11) is 3.32. The van der Waals surface area contributed by atoms with Gasteiger partial charge in [0.25, 0.3) is 5.69 Å². The minimum absolute atomic E-state index is 0.0954. The first-order valence-electron chi connectivity index (χ1n) is 9.35. The number of benzene rings is 2. The first-order valence-corrected chi connectivity index (χ1v) is 10.3. The number of nitro benzene ring substituents is 1. The number of nitrogens with zero attached hydrogens (tertiary/aromatic N) is 4. The maximum atomic E-state index is 13.8. The molecule has 1 heterocycles. The Morgan fingerprint density at radius 2 is 1.94 bits per heavy atom. The highest BCUT2D eigenvalue weighted by atomic mass is 32.2. The summed E-state index contributed by atoms with van der Waals surface area (Å²) in [5, 5.41) is 21.8. The number of amides is 1. The summed E-state index contributed by atoms with van der Waals surface area (Å²) < 4.78 is 26.5. The number of hydrogen-bond donors (Lipinski definition) is 1. The minimum Gasteiger partial charge on any atom is -0.497 e. The summed E-state index contributed by atoms with van der Waals surface area (Å²) in [5.74, 6) is 0.496. The van der Waals surface area contributed by atoms with E-state index in [1.165, 1.54) is 0 Å². The van der Waals surface area contributed by atoms with E-state index in [4.69, 9.17) is 9.47 Å². The molecule has 168 valence electrons. The number of carbonyl (C=O) groups is 1. The van der Waals surface area contributed by atoms with Crippen LogP contribution in [-0.2, 0) is 11.8 Å². The second-order valence-corrected chi connectivity index (χ2v) is 7.54. The number of nitrogens with one attached hydrogen (secondary N) is 1. The molecule has 3 aromatic rings. The van der Waals surface area contributed by atoms with E-state index in [1.807, 2.05) is 6.92 Å². The lowest BCUT2D eigenvalue weighted by Gasteiger charge is -2.14. The molecule has 0 saturated carbocycles. The Bertz CT molecular complexity index is 1120. The number of ether oxygens (including phenoxy) is 2. The van der Waals surface area contributed by atoms with Crippen molar-refractivity contribution in [3.05, 3.63) is 64.2 Å². The monoisotopic (exact) mass is 461 g/mol. The summed E-state index contributed by atoms with van der Waals surface area (Å²) in [6.07, 6.45) is -0.414. The van der Waals surface area contributed by atoms with Crippen molar-refractivity contribution in [3.8, 4) is 11.5 Å². The number of carbonyl (C=O) groups excluding carboxylic acids is 1. The fourth-order valence-corrected chi connectivity index (χ4v) is 3.47. The largest absolute Gasteiger partial charge is 0.497 e. The standard InChI is InChI=1S/C20H20FN5O5S/c1-12(31-15-7-5-14(30-3)6-8-15)19-23-24-20(25(19)2)32-11-18(27)22-17-10-13(26(28)29)4-9-16(17)21/h4-10,12H,11H2,1-3H3,(H,22,27). The van der Waals surface area contributed by atoms with Crippen LogP contribution >= 0.6 is 11.8 Å². The molecule has 0 radical (unpaired) electrons. The number of nitro groups is 1. The van der Waals surface area contributed by atoms with Crippen LogP contribution in [0.2, 0.25) is 0 Å². The first-order chi connectivity index (χ1) is 15.3. The van der Waals surface area contributed by atoms with E-state index in [0.717, 1.165) is 30.0 Å². The Morgan fingerprint density at radius 3 is 2.59 bits per heavy atom. The van der Waals surface area contributed by atoms with E-state index < -0.39 is 22.8 Å². The molecule has 32 heavy (non-hydrogen) atoms. The highest BCUT2D eigenvalue weighted by molar-refractivity contribution is 7.99. The first kappa shape index (κ1) is 23.0. The molecule has 0 aliphatic heterocycles. The van der Waals surface area contributed by atoms with E-state index in [9.17, 15) is 19.3 Å². The van der Waals surface area contributed by atoms with Crippen molar-refractivity contribution in [2.75, 3.05) is 18.2 Å². The number of anilines is 1. The average molecular weight is 461 g/mol. The van der Waals surface area contributed by atoms with Gasteiger partial charge in [0.05, 0.1) is 23.5 Å². The molecule has 1 atom stereocenters. The quantitative estimate of drug-likeness (QED) is 0.291. The van der Waals surface area contributed by atoms with E-state index in [1.54, 1.807) is 43.0 Å². The van der Waals surface area contributed by atoms with Crippen LogP contribution in [0.4, 0.5) is 15.8 Å². The second kappa shape index (κ2) is 10.1. The van der Waals surface area contributed by atoms with Crippen molar-refractivity contribution in [2.45, 2.75) is 18.2 Å². The predicted octanol–water partition coefficient (Wildman–Crippen LogP) is 3.74. The maximum absolute atomic E-state index is 13.8. The number of hydrogen-bond acceptors (Lipinski definition) is 8. The molecule has 12 heteroatoms. The van der Waals surface area contributed by atoms with Crippen LogP contribution in [0.15, 0.2) is 47.6 Å². The van der Waals surface area contributed by atoms with Gasteiger partial charge < -0.3 is 19.4 Å². The van der Waals surface area contributed by atoms with E-state index >= 15 is 0 Å². The van der Waals surface area contributed by atoms with Gasteiger partial charge in [0.2, 0.25) is 5.91 Å². The molecule has 1 aromatic heterocycles. The molecule has 1 N–H and O–H groups in total. The van der Waals surface area contributed by atoms with Crippen LogP contribution in [0, 0.1) is 15.9 Å². The lowest BCUT2D eigenvalue weighted by Crippen LogP contribution is -2.16. The van der Waals surface area contributed by atoms with Crippen molar-refractivity contribution in [1.29, 1.82) is 0 Å². The van der Waals surface area contributed by atoms with Crippen molar-refractivity contribution >= 4 is 29.0 Å². The Hall–Kier alpha value is -3.67. The van der Waals surface area contributed by atoms with Gasteiger partial charge in [-0.2, -0.15) is 0 Å². The van der Waals surface area contributed by atoms with Crippen molar-refractivity contribution in [1.82, 2.24) is 14.8 Å². The molecule has 0 fully saturated rings. The van der Waals surface area contributed by atoms with Gasteiger partial charge in [-0.05, 0) is 37.3 Å². The Balaban J connectivity index is 1.60. The van der Waals surface area contributed by atoms with Crippen LogP contribution in [0.25, 0.3) is 0 Å². The van der Waals surface area contributed by atoms with Crippen LogP contribution < -0.4 is 14.8 Å².